The Balaban J connectivity index is 2.01. The molecule has 1 aromatic carbocycles. The summed E-state index contributed by atoms with van der Waals surface area (Å²) >= 11 is 0. The van der Waals surface area contributed by atoms with Gasteiger partial charge in [0.15, 0.2) is 0 Å². The zero-order valence-electron chi connectivity index (χ0n) is 15.3. The van der Waals surface area contributed by atoms with E-state index in [0.29, 0.717) is 23.5 Å². The number of methoxy groups -OCH3 is 1. The van der Waals surface area contributed by atoms with E-state index in [4.69, 9.17) is 4.74 Å². The summed E-state index contributed by atoms with van der Waals surface area (Å²) in [5.74, 6) is -0.0788. The molecule has 0 unspecified atom stereocenters. The molecule has 0 fully saturated rings. The van der Waals surface area contributed by atoms with Crippen molar-refractivity contribution in [2.75, 3.05) is 39.6 Å². The lowest BCUT2D eigenvalue weighted by Crippen LogP contribution is -2.27. The second-order valence-corrected chi connectivity index (χ2v) is 6.00. The number of para-hydroxylation sites is 2. The Morgan fingerprint density at radius 1 is 1.15 bits per heavy atom. The van der Waals surface area contributed by atoms with E-state index in [2.05, 4.69) is 20.5 Å². The van der Waals surface area contributed by atoms with Crippen molar-refractivity contribution in [2.24, 2.45) is 0 Å². The van der Waals surface area contributed by atoms with Crippen LogP contribution in [0.2, 0.25) is 0 Å². The average Bonchev–Trinajstić information content (AvgIpc) is 2.65. The van der Waals surface area contributed by atoms with Gasteiger partial charge in [-0.3, -0.25) is 14.6 Å². The number of rotatable bonds is 8. The molecule has 0 spiro atoms. The lowest BCUT2D eigenvalue weighted by atomic mass is 10.2. The molecule has 2 amide bonds. The summed E-state index contributed by atoms with van der Waals surface area (Å²) in [7, 11) is 5.50. The molecule has 7 heteroatoms. The molecule has 0 aliphatic rings. The quantitative estimate of drug-likeness (QED) is 0.707. The van der Waals surface area contributed by atoms with Crippen molar-refractivity contribution in [2.45, 2.75) is 6.42 Å². The second kappa shape index (κ2) is 9.53. The lowest BCUT2D eigenvalue weighted by Gasteiger charge is -2.11. The molecule has 138 valence electrons. The van der Waals surface area contributed by atoms with Crippen molar-refractivity contribution in [1.29, 1.82) is 0 Å². The molecule has 2 N–H and O–H groups in total. The van der Waals surface area contributed by atoms with Gasteiger partial charge >= 0.3 is 0 Å². The van der Waals surface area contributed by atoms with E-state index in [-0.39, 0.29) is 11.6 Å². The van der Waals surface area contributed by atoms with Gasteiger partial charge in [-0.15, -0.1) is 0 Å². The molecular weight excluding hydrogens is 332 g/mol. The zero-order valence-corrected chi connectivity index (χ0v) is 15.3. The van der Waals surface area contributed by atoms with E-state index < -0.39 is 5.91 Å². The van der Waals surface area contributed by atoms with E-state index in [9.17, 15) is 9.59 Å². The van der Waals surface area contributed by atoms with Crippen molar-refractivity contribution >= 4 is 17.5 Å². The van der Waals surface area contributed by atoms with Crippen LogP contribution in [0.5, 0.6) is 5.75 Å². The fourth-order valence-corrected chi connectivity index (χ4v) is 2.33. The molecular formula is C19H24N4O3. The summed E-state index contributed by atoms with van der Waals surface area (Å²) < 4.78 is 5.21. The number of carbonyl (C=O) groups excluding carboxylic acids is 2. The molecule has 1 aromatic heterocycles. The normalized spacial score (nSPS) is 10.5. The van der Waals surface area contributed by atoms with Gasteiger partial charge in [0.25, 0.3) is 11.8 Å². The Kier molecular flexibility index (Phi) is 7.11. The summed E-state index contributed by atoms with van der Waals surface area (Å²) in [6, 6.07) is 10.2. The minimum atomic E-state index is -0.406. The molecule has 0 aliphatic carbocycles. The number of aromatic nitrogens is 1. The molecule has 1 heterocycles. The average molecular weight is 356 g/mol. The minimum Gasteiger partial charge on any atom is -0.495 e. The maximum absolute atomic E-state index is 12.4. The molecule has 26 heavy (non-hydrogen) atoms. The molecule has 7 nitrogen and oxygen atoms in total. The van der Waals surface area contributed by atoms with Gasteiger partial charge in [0.05, 0.1) is 12.8 Å². The van der Waals surface area contributed by atoms with Crippen LogP contribution in [0.25, 0.3) is 0 Å². The number of nitrogens with zero attached hydrogens (tertiary/aromatic N) is 2. The maximum atomic E-state index is 12.4. The third-order valence-corrected chi connectivity index (χ3v) is 3.68. The third-order valence-electron chi connectivity index (χ3n) is 3.68. The highest BCUT2D eigenvalue weighted by atomic mass is 16.5. The molecule has 0 saturated heterocycles. The first-order chi connectivity index (χ1) is 12.5. The third kappa shape index (κ3) is 5.56. The predicted octanol–water partition coefficient (Wildman–Crippen LogP) is 2.02. The Morgan fingerprint density at radius 2 is 1.92 bits per heavy atom. The van der Waals surface area contributed by atoms with Crippen LogP contribution in [0, 0.1) is 0 Å². The van der Waals surface area contributed by atoms with Gasteiger partial charge in [0, 0.05) is 18.3 Å². The molecule has 0 saturated carbocycles. The van der Waals surface area contributed by atoms with E-state index in [0.717, 1.165) is 13.0 Å². The molecule has 0 aliphatic heterocycles. The molecule has 0 bridgehead atoms. The van der Waals surface area contributed by atoms with Crippen LogP contribution in [0.1, 0.15) is 27.3 Å². The van der Waals surface area contributed by atoms with E-state index in [1.807, 2.05) is 20.2 Å². The smallest absolute Gasteiger partial charge is 0.274 e. The van der Waals surface area contributed by atoms with Gasteiger partial charge in [0.1, 0.15) is 11.4 Å². The van der Waals surface area contributed by atoms with Gasteiger partial charge in [0.2, 0.25) is 0 Å². The zero-order chi connectivity index (χ0) is 18.9. The standard InChI is InChI=1S/C19H24N4O3/c1-23(2)12-6-10-21-18(24)14-9-11-20-16(13-14)19(25)22-15-7-4-5-8-17(15)26-3/h4-5,7-9,11,13H,6,10,12H2,1-3H3,(H,21,24)(H,22,25). The van der Waals surface area contributed by atoms with E-state index in [1.165, 1.54) is 19.4 Å². The second-order valence-electron chi connectivity index (χ2n) is 6.00. The summed E-state index contributed by atoms with van der Waals surface area (Å²) in [5, 5.41) is 5.59. The highest BCUT2D eigenvalue weighted by molar-refractivity contribution is 6.05. The predicted molar refractivity (Wildman–Crippen MR) is 101 cm³/mol. The minimum absolute atomic E-state index is 0.164. The first kappa shape index (κ1) is 19.4. The van der Waals surface area contributed by atoms with Gasteiger partial charge < -0.3 is 20.3 Å². The van der Waals surface area contributed by atoms with Crippen molar-refractivity contribution in [3.63, 3.8) is 0 Å². The number of nitrogens with one attached hydrogen (secondary N) is 2. The number of pyridine rings is 1. The monoisotopic (exact) mass is 356 g/mol. The van der Waals surface area contributed by atoms with Crippen molar-refractivity contribution in [3.8, 4) is 5.75 Å². The van der Waals surface area contributed by atoms with Crippen LogP contribution in [0.3, 0.4) is 0 Å². The number of benzene rings is 1. The van der Waals surface area contributed by atoms with Gasteiger partial charge in [-0.2, -0.15) is 0 Å². The molecule has 0 atom stereocenters. The van der Waals surface area contributed by atoms with Gasteiger partial charge in [-0.05, 0) is 51.3 Å². The van der Waals surface area contributed by atoms with Gasteiger partial charge in [-0.1, -0.05) is 12.1 Å². The van der Waals surface area contributed by atoms with Crippen LogP contribution < -0.4 is 15.4 Å². The summed E-state index contributed by atoms with van der Waals surface area (Å²) in [4.78, 5) is 30.8. The van der Waals surface area contributed by atoms with E-state index >= 15 is 0 Å². The first-order valence-electron chi connectivity index (χ1n) is 8.34. The van der Waals surface area contributed by atoms with Crippen molar-refractivity contribution in [1.82, 2.24) is 15.2 Å². The maximum Gasteiger partial charge on any atom is 0.274 e. The number of carbonyl (C=O) groups is 2. The molecule has 0 radical (unpaired) electrons. The van der Waals surface area contributed by atoms with Crippen LogP contribution in [0.4, 0.5) is 5.69 Å². The summed E-state index contributed by atoms with van der Waals surface area (Å²) in [6.07, 6.45) is 2.30. The number of anilines is 1. The van der Waals surface area contributed by atoms with Crippen molar-refractivity contribution < 1.29 is 14.3 Å². The number of amides is 2. The summed E-state index contributed by atoms with van der Waals surface area (Å²) in [5.41, 5.74) is 1.10. The SMILES string of the molecule is COc1ccccc1NC(=O)c1cc(C(=O)NCCCN(C)C)ccn1. The molecule has 2 rings (SSSR count). The number of ether oxygens (including phenoxy) is 1. The van der Waals surface area contributed by atoms with Crippen LogP contribution in [0.15, 0.2) is 42.6 Å². The highest BCUT2D eigenvalue weighted by Crippen LogP contribution is 2.23. The Labute approximate surface area is 153 Å². The summed E-state index contributed by atoms with van der Waals surface area (Å²) in [6.45, 7) is 1.46. The van der Waals surface area contributed by atoms with Crippen LogP contribution in [-0.4, -0.2) is 56.0 Å². The van der Waals surface area contributed by atoms with E-state index in [1.54, 1.807) is 24.3 Å². The largest absolute Gasteiger partial charge is 0.495 e. The number of hydrogen-bond acceptors (Lipinski definition) is 5. The van der Waals surface area contributed by atoms with Crippen LogP contribution in [-0.2, 0) is 0 Å². The topological polar surface area (TPSA) is 83.6 Å². The Morgan fingerprint density at radius 3 is 2.65 bits per heavy atom. The Bertz CT molecular complexity index is 762. The molecule has 2 aromatic rings. The highest BCUT2D eigenvalue weighted by Gasteiger charge is 2.13. The van der Waals surface area contributed by atoms with Gasteiger partial charge in [-0.25, -0.2) is 0 Å². The van der Waals surface area contributed by atoms with Crippen LogP contribution >= 0.6 is 0 Å². The number of hydrogen-bond donors (Lipinski definition) is 2. The fraction of sp³-hybridized carbons (Fsp3) is 0.316. The fourth-order valence-electron chi connectivity index (χ4n) is 2.33. The Hall–Kier alpha value is -2.93. The van der Waals surface area contributed by atoms with Crippen molar-refractivity contribution in [3.05, 3.63) is 53.9 Å². The first-order valence-corrected chi connectivity index (χ1v) is 8.34. The lowest BCUT2D eigenvalue weighted by molar-refractivity contribution is 0.0952.